The van der Waals surface area contributed by atoms with E-state index in [0.717, 1.165) is 15.7 Å². The van der Waals surface area contributed by atoms with E-state index in [0.29, 0.717) is 17.5 Å². The predicted molar refractivity (Wildman–Crippen MR) is 85.1 cm³/mol. The van der Waals surface area contributed by atoms with E-state index in [4.69, 9.17) is 17.3 Å². The van der Waals surface area contributed by atoms with Crippen LogP contribution in [0.25, 0.3) is 0 Å². The van der Waals surface area contributed by atoms with Gasteiger partial charge in [0.15, 0.2) is 5.96 Å². The van der Waals surface area contributed by atoms with Gasteiger partial charge in [0.25, 0.3) is 0 Å². The number of para-hydroxylation sites is 1. The third-order valence-corrected chi connectivity index (χ3v) is 3.96. The van der Waals surface area contributed by atoms with Crippen molar-refractivity contribution in [1.29, 1.82) is 0 Å². The molecule has 0 bridgehead atoms. The number of rotatable bonds is 2. The van der Waals surface area contributed by atoms with Crippen molar-refractivity contribution >= 4 is 39.2 Å². The maximum Gasteiger partial charge on any atom is 0.196 e. The second-order valence-electron chi connectivity index (χ2n) is 4.47. The van der Waals surface area contributed by atoms with Crippen LogP contribution in [-0.2, 0) is 0 Å². The second-order valence-corrected chi connectivity index (χ2v) is 5.80. The molecular formula is C14H12BrClN4. The molecule has 1 aromatic heterocycles. The van der Waals surface area contributed by atoms with E-state index >= 15 is 0 Å². The van der Waals surface area contributed by atoms with Crippen molar-refractivity contribution in [3.63, 3.8) is 0 Å². The standard InChI is InChI=1S/C14H12BrClN4/c15-10-5-9(6-18-7-10)13-8-19-14(17)20(13)12-4-2-1-3-11(12)16/h1-7,13H,8H2,(H2,17,19). The fourth-order valence-electron chi connectivity index (χ4n) is 2.30. The Balaban J connectivity index is 2.03. The van der Waals surface area contributed by atoms with Crippen LogP contribution in [0.5, 0.6) is 0 Å². The van der Waals surface area contributed by atoms with Gasteiger partial charge in [-0.15, -0.1) is 0 Å². The number of anilines is 1. The van der Waals surface area contributed by atoms with Crippen LogP contribution in [0.1, 0.15) is 11.6 Å². The van der Waals surface area contributed by atoms with Crippen LogP contribution in [0.4, 0.5) is 5.69 Å². The van der Waals surface area contributed by atoms with Crippen molar-refractivity contribution in [2.75, 3.05) is 11.4 Å². The predicted octanol–water partition coefficient (Wildman–Crippen LogP) is 3.37. The number of halogens is 2. The lowest BCUT2D eigenvalue weighted by Crippen LogP contribution is -2.36. The molecular weight excluding hydrogens is 340 g/mol. The molecule has 0 radical (unpaired) electrons. The summed E-state index contributed by atoms with van der Waals surface area (Å²) in [6.45, 7) is 0.592. The van der Waals surface area contributed by atoms with E-state index in [2.05, 4.69) is 25.9 Å². The van der Waals surface area contributed by atoms with Crippen molar-refractivity contribution < 1.29 is 0 Å². The summed E-state index contributed by atoms with van der Waals surface area (Å²) < 4.78 is 0.930. The van der Waals surface area contributed by atoms with Crippen LogP contribution in [-0.4, -0.2) is 17.5 Å². The van der Waals surface area contributed by atoms with Gasteiger partial charge in [-0.05, 0) is 39.7 Å². The van der Waals surface area contributed by atoms with Gasteiger partial charge in [0.2, 0.25) is 0 Å². The first-order valence-corrected chi connectivity index (χ1v) is 7.28. The molecule has 102 valence electrons. The Morgan fingerprint density at radius 3 is 2.85 bits per heavy atom. The molecule has 3 rings (SSSR count). The number of benzene rings is 1. The molecule has 4 nitrogen and oxygen atoms in total. The van der Waals surface area contributed by atoms with Gasteiger partial charge in [-0.1, -0.05) is 23.7 Å². The van der Waals surface area contributed by atoms with Crippen LogP contribution in [0.2, 0.25) is 5.02 Å². The van der Waals surface area contributed by atoms with Crippen LogP contribution in [0.15, 0.2) is 52.2 Å². The number of aliphatic imine (C=N–C) groups is 1. The van der Waals surface area contributed by atoms with E-state index in [1.165, 1.54) is 0 Å². The maximum absolute atomic E-state index is 6.28. The molecule has 6 heteroatoms. The van der Waals surface area contributed by atoms with Gasteiger partial charge >= 0.3 is 0 Å². The monoisotopic (exact) mass is 350 g/mol. The Kier molecular flexibility index (Phi) is 3.63. The average Bonchev–Trinajstić information content (AvgIpc) is 2.81. The molecule has 1 unspecified atom stereocenters. The van der Waals surface area contributed by atoms with Crippen LogP contribution in [0, 0.1) is 0 Å². The Labute approximate surface area is 130 Å². The van der Waals surface area contributed by atoms with Gasteiger partial charge in [0, 0.05) is 16.9 Å². The van der Waals surface area contributed by atoms with Gasteiger partial charge in [-0.2, -0.15) is 0 Å². The summed E-state index contributed by atoms with van der Waals surface area (Å²) in [5.74, 6) is 0.475. The van der Waals surface area contributed by atoms with Gasteiger partial charge in [0.1, 0.15) is 0 Å². The number of hydrogen-bond donors (Lipinski definition) is 1. The summed E-state index contributed by atoms with van der Waals surface area (Å²) in [5.41, 5.74) is 7.93. The van der Waals surface area contributed by atoms with Gasteiger partial charge in [-0.3, -0.25) is 9.98 Å². The van der Waals surface area contributed by atoms with Crippen molar-refractivity contribution in [1.82, 2.24) is 4.98 Å². The van der Waals surface area contributed by atoms with Crippen LogP contribution in [0.3, 0.4) is 0 Å². The van der Waals surface area contributed by atoms with Crippen molar-refractivity contribution in [3.8, 4) is 0 Å². The zero-order valence-electron chi connectivity index (χ0n) is 10.5. The number of hydrogen-bond acceptors (Lipinski definition) is 4. The molecule has 2 N–H and O–H groups in total. The van der Waals surface area contributed by atoms with Gasteiger partial charge in [-0.25, -0.2) is 0 Å². The first-order valence-electron chi connectivity index (χ1n) is 6.11. The lowest BCUT2D eigenvalue weighted by atomic mass is 10.1. The topological polar surface area (TPSA) is 54.5 Å². The summed E-state index contributed by atoms with van der Waals surface area (Å²) in [4.78, 5) is 10.5. The molecule has 0 fully saturated rings. The number of aromatic nitrogens is 1. The molecule has 0 spiro atoms. The minimum absolute atomic E-state index is 0.0138. The third kappa shape index (κ3) is 2.39. The number of nitrogens with two attached hydrogens (primary N) is 1. The Hall–Kier alpha value is -1.59. The molecule has 1 aliphatic rings. The van der Waals surface area contributed by atoms with Crippen molar-refractivity contribution in [2.24, 2.45) is 10.7 Å². The van der Waals surface area contributed by atoms with E-state index < -0.39 is 0 Å². The highest BCUT2D eigenvalue weighted by molar-refractivity contribution is 9.10. The minimum Gasteiger partial charge on any atom is -0.369 e. The van der Waals surface area contributed by atoms with Gasteiger partial charge in [0.05, 0.1) is 23.3 Å². The smallest absolute Gasteiger partial charge is 0.196 e. The first kappa shape index (κ1) is 13.4. The quantitative estimate of drug-likeness (QED) is 0.902. The zero-order valence-corrected chi connectivity index (χ0v) is 12.8. The molecule has 2 heterocycles. The SMILES string of the molecule is NC1=NCC(c2cncc(Br)c2)N1c1ccccc1Cl. The highest BCUT2D eigenvalue weighted by Crippen LogP contribution is 2.35. The fourth-order valence-corrected chi connectivity index (χ4v) is 2.91. The van der Waals surface area contributed by atoms with Crippen molar-refractivity contribution in [3.05, 3.63) is 57.8 Å². The number of pyridine rings is 1. The summed E-state index contributed by atoms with van der Waals surface area (Å²) in [7, 11) is 0. The second kappa shape index (κ2) is 5.42. The van der Waals surface area contributed by atoms with E-state index in [-0.39, 0.29) is 6.04 Å². The van der Waals surface area contributed by atoms with E-state index in [9.17, 15) is 0 Å². The minimum atomic E-state index is 0.0138. The van der Waals surface area contributed by atoms with E-state index in [1.54, 1.807) is 6.20 Å². The fraction of sp³-hybridized carbons (Fsp3) is 0.143. The lowest BCUT2D eigenvalue weighted by Gasteiger charge is -2.27. The average molecular weight is 352 g/mol. The highest BCUT2D eigenvalue weighted by Gasteiger charge is 2.30. The molecule has 1 aromatic carbocycles. The molecule has 1 aliphatic heterocycles. The number of guanidine groups is 1. The lowest BCUT2D eigenvalue weighted by molar-refractivity contribution is 0.763. The normalized spacial score (nSPS) is 18.2. The zero-order chi connectivity index (χ0) is 14.1. The summed E-state index contributed by atoms with van der Waals surface area (Å²) in [5, 5.41) is 0.653. The molecule has 0 amide bonds. The molecule has 20 heavy (non-hydrogen) atoms. The highest BCUT2D eigenvalue weighted by atomic mass is 79.9. The molecule has 0 aliphatic carbocycles. The largest absolute Gasteiger partial charge is 0.369 e. The van der Waals surface area contributed by atoms with Gasteiger partial charge < -0.3 is 10.6 Å². The molecule has 0 saturated carbocycles. The first-order chi connectivity index (χ1) is 9.66. The molecule has 2 aromatic rings. The van der Waals surface area contributed by atoms with Crippen LogP contribution >= 0.6 is 27.5 Å². The summed E-state index contributed by atoms with van der Waals surface area (Å²) in [6, 6.07) is 9.65. The third-order valence-electron chi connectivity index (χ3n) is 3.21. The summed E-state index contributed by atoms with van der Waals surface area (Å²) >= 11 is 9.72. The number of nitrogens with zero attached hydrogens (tertiary/aromatic N) is 3. The molecule has 0 saturated heterocycles. The Morgan fingerprint density at radius 2 is 2.10 bits per heavy atom. The Bertz CT molecular complexity index is 674. The maximum atomic E-state index is 6.28. The molecule has 1 atom stereocenters. The Morgan fingerprint density at radius 1 is 1.30 bits per heavy atom. The van der Waals surface area contributed by atoms with Crippen LogP contribution < -0.4 is 10.6 Å². The van der Waals surface area contributed by atoms with Crippen molar-refractivity contribution in [2.45, 2.75) is 6.04 Å². The van der Waals surface area contributed by atoms with E-state index in [1.807, 2.05) is 41.4 Å². The summed E-state index contributed by atoms with van der Waals surface area (Å²) in [6.07, 6.45) is 3.58.